The van der Waals surface area contributed by atoms with E-state index in [-0.39, 0.29) is 11.4 Å². The minimum absolute atomic E-state index is 0.0238. The average Bonchev–Trinajstić information content (AvgIpc) is 3.42. The van der Waals surface area contributed by atoms with Crippen LogP contribution >= 0.6 is 0 Å². The molecule has 1 aliphatic rings. The molecule has 1 saturated heterocycles. The Bertz CT molecular complexity index is 1800. The van der Waals surface area contributed by atoms with Crippen LogP contribution in [0.25, 0.3) is 27.8 Å². The number of nitrogens with zero attached hydrogens (tertiary/aromatic N) is 2. The quantitative estimate of drug-likeness (QED) is 0.230. The first kappa shape index (κ1) is 24.1. The fourth-order valence-electron chi connectivity index (χ4n) is 4.90. The topological polar surface area (TPSA) is 83.4 Å². The number of hydrogen-bond donors (Lipinski definition) is 2. The molecule has 1 aromatic heterocycles. The number of nitrogens with one attached hydrogen (secondary N) is 2. The van der Waals surface area contributed by atoms with E-state index in [1.54, 1.807) is 12.1 Å². The molecule has 2 heterocycles. The Hall–Kier alpha value is -5.24. The van der Waals surface area contributed by atoms with Gasteiger partial charge in [0.25, 0.3) is 5.91 Å². The smallest absolute Gasteiger partial charge is 0.329 e. The highest BCUT2D eigenvalue weighted by Crippen LogP contribution is 2.27. The van der Waals surface area contributed by atoms with Crippen LogP contribution in [0.5, 0.6) is 0 Å². The molecule has 0 bridgehead atoms. The number of aromatic nitrogens is 1. The first-order chi connectivity index (χ1) is 19.0. The summed E-state index contributed by atoms with van der Waals surface area (Å²) in [6.07, 6.45) is 3.57. The van der Waals surface area contributed by atoms with Gasteiger partial charge < -0.3 is 15.2 Å². The lowest BCUT2D eigenvalue weighted by Gasteiger charge is -2.12. The van der Waals surface area contributed by atoms with E-state index in [0.717, 1.165) is 32.3 Å². The SMILES string of the molecule is O=C(CN1C(=O)NC(=Cc2cn(Cc3cccc4ccccc34)c3ccccc23)C1=O)Nc1ccccc1F. The van der Waals surface area contributed by atoms with Crippen LogP contribution in [-0.2, 0) is 16.1 Å². The summed E-state index contributed by atoms with van der Waals surface area (Å²) in [5.74, 6) is -1.92. The van der Waals surface area contributed by atoms with Gasteiger partial charge in [0.15, 0.2) is 0 Å². The monoisotopic (exact) mass is 518 g/mol. The van der Waals surface area contributed by atoms with Gasteiger partial charge in [-0.05, 0) is 40.6 Å². The maximum absolute atomic E-state index is 13.9. The van der Waals surface area contributed by atoms with Crippen LogP contribution in [0.2, 0.25) is 0 Å². The van der Waals surface area contributed by atoms with Crippen LogP contribution < -0.4 is 10.6 Å². The van der Waals surface area contributed by atoms with Crippen LogP contribution in [0.4, 0.5) is 14.9 Å². The number of imide groups is 1. The van der Waals surface area contributed by atoms with E-state index in [4.69, 9.17) is 0 Å². The molecule has 0 radical (unpaired) electrons. The third-order valence-electron chi connectivity index (χ3n) is 6.75. The number of urea groups is 1. The van der Waals surface area contributed by atoms with Crippen molar-refractivity contribution in [1.29, 1.82) is 0 Å². The maximum Gasteiger partial charge on any atom is 0.329 e. The van der Waals surface area contributed by atoms with Crippen LogP contribution in [0.15, 0.2) is 103 Å². The molecule has 39 heavy (non-hydrogen) atoms. The van der Waals surface area contributed by atoms with Crippen molar-refractivity contribution in [2.45, 2.75) is 6.54 Å². The Labute approximate surface area is 223 Å². The molecular formula is C31H23FN4O3. The Balaban J connectivity index is 1.27. The van der Waals surface area contributed by atoms with Crippen LogP contribution in [0, 0.1) is 5.82 Å². The van der Waals surface area contributed by atoms with E-state index in [2.05, 4.69) is 39.5 Å². The van der Waals surface area contributed by atoms with Gasteiger partial charge in [-0.2, -0.15) is 0 Å². The summed E-state index contributed by atoms with van der Waals surface area (Å²) in [6.45, 7) is 0.0763. The molecule has 7 nitrogen and oxygen atoms in total. The number of anilines is 1. The fourth-order valence-corrected chi connectivity index (χ4v) is 4.90. The van der Waals surface area contributed by atoms with Gasteiger partial charge in [-0.15, -0.1) is 0 Å². The van der Waals surface area contributed by atoms with Gasteiger partial charge in [0.05, 0.1) is 5.69 Å². The van der Waals surface area contributed by atoms with Crippen molar-refractivity contribution in [3.8, 4) is 0 Å². The fraction of sp³-hybridized carbons (Fsp3) is 0.0645. The summed E-state index contributed by atoms with van der Waals surface area (Å²) in [5, 5.41) is 8.21. The normalized spacial score (nSPS) is 14.4. The predicted molar refractivity (Wildman–Crippen MR) is 148 cm³/mol. The van der Waals surface area contributed by atoms with Crippen molar-refractivity contribution >= 4 is 51.3 Å². The molecule has 0 saturated carbocycles. The average molecular weight is 519 g/mol. The van der Waals surface area contributed by atoms with E-state index < -0.39 is 30.2 Å². The molecule has 0 unspecified atom stereocenters. The first-order valence-electron chi connectivity index (χ1n) is 12.4. The minimum Gasteiger partial charge on any atom is -0.342 e. The number of carbonyl (C=O) groups excluding carboxylic acids is 3. The molecule has 6 rings (SSSR count). The van der Waals surface area contributed by atoms with Gasteiger partial charge in [-0.3, -0.25) is 9.59 Å². The lowest BCUT2D eigenvalue weighted by Crippen LogP contribution is -2.38. The molecule has 2 N–H and O–H groups in total. The molecule has 0 aliphatic carbocycles. The molecule has 192 valence electrons. The Morgan fingerprint density at radius 2 is 1.59 bits per heavy atom. The van der Waals surface area contributed by atoms with E-state index in [0.29, 0.717) is 6.54 Å². The maximum atomic E-state index is 13.9. The Morgan fingerprint density at radius 1 is 0.872 bits per heavy atom. The molecule has 5 aromatic rings. The number of halogens is 1. The van der Waals surface area contributed by atoms with Crippen molar-refractivity contribution in [2.24, 2.45) is 0 Å². The first-order valence-corrected chi connectivity index (χ1v) is 12.4. The van der Waals surface area contributed by atoms with Gasteiger partial charge in [0.2, 0.25) is 5.91 Å². The molecule has 0 atom stereocenters. The lowest BCUT2D eigenvalue weighted by molar-refractivity contribution is -0.127. The zero-order valence-electron chi connectivity index (χ0n) is 20.7. The zero-order valence-corrected chi connectivity index (χ0v) is 20.7. The number of carbonyl (C=O) groups is 3. The van der Waals surface area contributed by atoms with Gasteiger partial charge in [0, 0.05) is 29.2 Å². The molecule has 8 heteroatoms. The van der Waals surface area contributed by atoms with Crippen molar-refractivity contribution in [1.82, 2.24) is 14.8 Å². The second kappa shape index (κ2) is 9.90. The third kappa shape index (κ3) is 4.64. The Morgan fingerprint density at radius 3 is 2.44 bits per heavy atom. The molecule has 1 aliphatic heterocycles. The Kier molecular flexibility index (Phi) is 6.13. The largest absolute Gasteiger partial charge is 0.342 e. The van der Waals surface area contributed by atoms with Gasteiger partial charge >= 0.3 is 6.03 Å². The van der Waals surface area contributed by atoms with Crippen LogP contribution in [0.1, 0.15) is 11.1 Å². The second-order valence-corrected chi connectivity index (χ2v) is 9.28. The van der Waals surface area contributed by atoms with Crippen molar-refractivity contribution in [3.63, 3.8) is 0 Å². The van der Waals surface area contributed by atoms with Crippen LogP contribution in [0.3, 0.4) is 0 Å². The highest BCUT2D eigenvalue weighted by atomic mass is 19.1. The number of rotatable bonds is 6. The standard InChI is InChI=1S/C31H23FN4O3/c32-25-13-4-5-14-26(25)33-29(37)19-36-30(38)27(34-31(36)39)16-22-18-35(28-15-6-3-12-24(22)28)17-21-10-7-9-20-8-1-2-11-23(20)21/h1-16,18H,17,19H2,(H,33,37)(H,34,39). The van der Waals surface area contributed by atoms with Crippen molar-refractivity contribution < 1.29 is 18.8 Å². The summed E-state index contributed by atoms with van der Waals surface area (Å²) >= 11 is 0. The van der Waals surface area contributed by atoms with Gasteiger partial charge in [-0.25, -0.2) is 14.1 Å². The number of para-hydroxylation sites is 2. The van der Waals surface area contributed by atoms with Crippen molar-refractivity contribution in [2.75, 3.05) is 11.9 Å². The van der Waals surface area contributed by atoms with E-state index >= 15 is 0 Å². The summed E-state index contributed by atoms with van der Waals surface area (Å²) in [5.41, 5.74) is 2.93. The van der Waals surface area contributed by atoms with Gasteiger partial charge in [-0.1, -0.05) is 72.8 Å². The molecule has 0 spiro atoms. The summed E-state index contributed by atoms with van der Waals surface area (Å²) in [7, 11) is 0. The predicted octanol–water partition coefficient (Wildman–Crippen LogP) is 5.51. The highest BCUT2D eigenvalue weighted by molar-refractivity contribution is 6.16. The molecular weight excluding hydrogens is 495 g/mol. The lowest BCUT2D eigenvalue weighted by atomic mass is 10.0. The summed E-state index contributed by atoms with van der Waals surface area (Å²) < 4.78 is 16.0. The van der Waals surface area contributed by atoms with Gasteiger partial charge in [0.1, 0.15) is 18.1 Å². The second-order valence-electron chi connectivity index (χ2n) is 9.28. The third-order valence-corrected chi connectivity index (χ3v) is 6.75. The highest BCUT2D eigenvalue weighted by Gasteiger charge is 2.35. The van der Waals surface area contributed by atoms with Crippen molar-refractivity contribution in [3.05, 3.63) is 120 Å². The van der Waals surface area contributed by atoms with E-state index in [1.165, 1.54) is 23.6 Å². The number of fused-ring (bicyclic) bond motifs is 2. The van der Waals surface area contributed by atoms with Crippen LogP contribution in [-0.4, -0.2) is 33.9 Å². The summed E-state index contributed by atoms with van der Waals surface area (Å²) in [6, 6.07) is 27.2. The molecule has 4 aromatic carbocycles. The van der Waals surface area contributed by atoms with E-state index in [9.17, 15) is 18.8 Å². The molecule has 1 fully saturated rings. The summed E-state index contributed by atoms with van der Waals surface area (Å²) in [4.78, 5) is 38.9. The van der Waals surface area contributed by atoms with E-state index in [1.807, 2.05) is 48.7 Å². The minimum atomic E-state index is -0.713. The number of benzene rings is 4. The number of hydrogen-bond acceptors (Lipinski definition) is 3. The zero-order chi connectivity index (χ0) is 26.9. The number of amides is 4. The molecule has 4 amide bonds.